The predicted octanol–water partition coefficient (Wildman–Crippen LogP) is 4.76. The molecule has 6 nitrogen and oxygen atoms in total. The van der Waals surface area contributed by atoms with E-state index in [0.29, 0.717) is 6.54 Å². The summed E-state index contributed by atoms with van der Waals surface area (Å²) in [5.74, 6) is 0.929. The van der Waals surface area contributed by atoms with Crippen LogP contribution in [0, 0.1) is 20.8 Å². The number of hydrogen-bond donors (Lipinski definition) is 1. The molecule has 4 aromatic heterocycles. The second-order valence-corrected chi connectivity index (χ2v) is 8.86. The molecular formula is C26H26N6S. The molecule has 0 spiro atoms. The van der Waals surface area contributed by atoms with Crippen molar-refractivity contribution in [3.05, 3.63) is 107 Å². The van der Waals surface area contributed by atoms with E-state index in [9.17, 15) is 0 Å². The van der Waals surface area contributed by atoms with Gasteiger partial charge >= 0.3 is 0 Å². The van der Waals surface area contributed by atoms with Crippen LogP contribution in [0.4, 0.5) is 0 Å². The van der Waals surface area contributed by atoms with Crippen molar-refractivity contribution in [1.82, 2.24) is 29.7 Å². The highest BCUT2D eigenvalue weighted by molar-refractivity contribution is 7.80. The largest absolute Gasteiger partial charge is 0.352 e. The first kappa shape index (κ1) is 21.3. The van der Waals surface area contributed by atoms with Gasteiger partial charge in [0.1, 0.15) is 5.82 Å². The quantitative estimate of drug-likeness (QED) is 0.439. The van der Waals surface area contributed by atoms with Crippen molar-refractivity contribution in [2.24, 2.45) is 0 Å². The highest BCUT2D eigenvalue weighted by Crippen LogP contribution is 2.42. The predicted molar refractivity (Wildman–Crippen MR) is 133 cm³/mol. The first-order valence-electron chi connectivity index (χ1n) is 11.0. The zero-order valence-electron chi connectivity index (χ0n) is 18.9. The van der Waals surface area contributed by atoms with Crippen LogP contribution in [0.15, 0.2) is 73.3 Å². The van der Waals surface area contributed by atoms with Gasteiger partial charge in [-0.2, -0.15) is 0 Å². The summed E-state index contributed by atoms with van der Waals surface area (Å²) in [7, 11) is 0. The van der Waals surface area contributed by atoms with E-state index in [2.05, 4.69) is 74.8 Å². The highest BCUT2D eigenvalue weighted by atomic mass is 32.1. The van der Waals surface area contributed by atoms with E-state index >= 15 is 0 Å². The van der Waals surface area contributed by atoms with Crippen molar-refractivity contribution in [2.75, 3.05) is 0 Å². The zero-order valence-corrected chi connectivity index (χ0v) is 19.8. The van der Waals surface area contributed by atoms with Gasteiger partial charge < -0.3 is 14.8 Å². The first-order valence-corrected chi connectivity index (χ1v) is 11.4. The molecule has 0 saturated carbocycles. The van der Waals surface area contributed by atoms with Gasteiger partial charge in [-0.25, -0.2) is 4.98 Å². The number of nitrogens with zero attached hydrogens (tertiary/aromatic N) is 5. The Morgan fingerprint density at radius 3 is 2.58 bits per heavy atom. The molecule has 1 fully saturated rings. The zero-order chi connectivity index (χ0) is 22.9. The molecule has 0 amide bonds. The maximum atomic E-state index is 5.83. The topological polar surface area (TPSA) is 58.9 Å². The van der Waals surface area contributed by atoms with Gasteiger partial charge in [-0.05, 0) is 86.1 Å². The number of pyridine rings is 3. The average molecular weight is 455 g/mol. The van der Waals surface area contributed by atoms with Crippen LogP contribution in [-0.4, -0.2) is 29.5 Å². The number of hydrogen-bond acceptors (Lipinski definition) is 4. The molecule has 5 heterocycles. The Hall–Kier alpha value is -3.58. The Labute approximate surface area is 199 Å². The summed E-state index contributed by atoms with van der Waals surface area (Å²) in [4.78, 5) is 15.8. The molecule has 0 aromatic carbocycles. The second-order valence-electron chi connectivity index (χ2n) is 8.47. The minimum atomic E-state index is -0.0604. The van der Waals surface area contributed by atoms with Gasteiger partial charge in [-0.15, -0.1) is 0 Å². The van der Waals surface area contributed by atoms with Gasteiger partial charge in [-0.3, -0.25) is 9.97 Å². The maximum Gasteiger partial charge on any atom is 0.170 e. The fourth-order valence-electron chi connectivity index (χ4n) is 4.68. The first-order chi connectivity index (χ1) is 16.0. The summed E-state index contributed by atoms with van der Waals surface area (Å²) in [5.41, 5.74) is 6.77. The van der Waals surface area contributed by atoms with Crippen molar-refractivity contribution in [3.8, 4) is 5.82 Å². The third-order valence-corrected chi connectivity index (χ3v) is 6.54. The minimum absolute atomic E-state index is 0.0163. The van der Waals surface area contributed by atoms with Crippen LogP contribution in [0.25, 0.3) is 5.82 Å². The lowest BCUT2D eigenvalue weighted by atomic mass is 9.96. The standard InChI is InChI=1S/C26H26N6S/c1-17-9-12-29-23(13-17)32-18(2)14-21(19(32)3)25-24(22-8-4-5-11-28-22)30-26(33)31(25)16-20-7-6-10-27-15-20/h4-15,24-25H,16H2,1-3H3,(H,30,33)/t24-,25+/m1/s1. The van der Waals surface area contributed by atoms with Crippen LogP contribution < -0.4 is 5.32 Å². The fraction of sp³-hybridized carbons (Fsp3) is 0.231. The lowest BCUT2D eigenvalue weighted by Gasteiger charge is -2.28. The van der Waals surface area contributed by atoms with Gasteiger partial charge in [0.05, 0.1) is 17.8 Å². The molecule has 7 heteroatoms. The Kier molecular flexibility index (Phi) is 5.64. The molecule has 4 aromatic rings. The lowest BCUT2D eigenvalue weighted by Crippen LogP contribution is -2.29. The van der Waals surface area contributed by atoms with E-state index in [-0.39, 0.29) is 12.1 Å². The van der Waals surface area contributed by atoms with E-state index in [4.69, 9.17) is 12.2 Å². The summed E-state index contributed by atoms with van der Waals surface area (Å²) in [5, 5.41) is 4.26. The summed E-state index contributed by atoms with van der Waals surface area (Å²) >= 11 is 5.83. The SMILES string of the molecule is Cc1ccnc(-n2c(C)cc([C@H]3[C@@H](c4ccccn4)NC(=S)N3Cc3cccnc3)c2C)c1. The van der Waals surface area contributed by atoms with E-state index < -0.39 is 0 Å². The molecule has 1 N–H and O–H groups in total. The molecule has 1 aliphatic rings. The molecule has 5 rings (SSSR count). The molecule has 2 atom stereocenters. The number of nitrogens with one attached hydrogen (secondary N) is 1. The third kappa shape index (κ3) is 4.00. The number of aryl methyl sites for hydroxylation is 2. The van der Waals surface area contributed by atoms with Crippen molar-refractivity contribution in [3.63, 3.8) is 0 Å². The van der Waals surface area contributed by atoms with E-state index in [0.717, 1.165) is 33.6 Å². The Morgan fingerprint density at radius 2 is 1.85 bits per heavy atom. The van der Waals surface area contributed by atoms with Gasteiger partial charge in [0.2, 0.25) is 0 Å². The van der Waals surface area contributed by atoms with E-state index in [1.807, 2.05) is 42.9 Å². The van der Waals surface area contributed by atoms with Crippen molar-refractivity contribution in [2.45, 2.75) is 39.4 Å². The molecule has 1 saturated heterocycles. The Balaban J connectivity index is 1.62. The smallest absolute Gasteiger partial charge is 0.170 e. The van der Waals surface area contributed by atoms with Crippen LogP contribution in [0.5, 0.6) is 0 Å². The lowest BCUT2D eigenvalue weighted by molar-refractivity contribution is 0.310. The molecular weight excluding hydrogens is 428 g/mol. The number of aromatic nitrogens is 4. The minimum Gasteiger partial charge on any atom is -0.352 e. The van der Waals surface area contributed by atoms with E-state index in [1.165, 1.54) is 11.1 Å². The highest BCUT2D eigenvalue weighted by Gasteiger charge is 2.41. The van der Waals surface area contributed by atoms with Crippen molar-refractivity contribution in [1.29, 1.82) is 0 Å². The van der Waals surface area contributed by atoms with Gasteiger partial charge in [0.25, 0.3) is 0 Å². The van der Waals surface area contributed by atoms with Gasteiger partial charge in [-0.1, -0.05) is 12.1 Å². The Bertz CT molecular complexity index is 1280. The monoisotopic (exact) mass is 454 g/mol. The second kappa shape index (κ2) is 8.75. The molecule has 166 valence electrons. The van der Waals surface area contributed by atoms with Gasteiger partial charge in [0.15, 0.2) is 5.11 Å². The van der Waals surface area contributed by atoms with E-state index in [1.54, 1.807) is 6.20 Å². The molecule has 0 radical (unpaired) electrons. The summed E-state index contributed by atoms with van der Waals surface area (Å²) in [6, 6.07) is 16.4. The summed E-state index contributed by atoms with van der Waals surface area (Å²) in [6.45, 7) is 7.04. The van der Waals surface area contributed by atoms with Crippen LogP contribution in [-0.2, 0) is 6.54 Å². The summed E-state index contributed by atoms with van der Waals surface area (Å²) < 4.78 is 2.22. The van der Waals surface area contributed by atoms with Crippen LogP contribution >= 0.6 is 12.2 Å². The molecule has 0 bridgehead atoms. The fourth-order valence-corrected chi connectivity index (χ4v) is 4.99. The molecule has 0 aliphatic carbocycles. The van der Waals surface area contributed by atoms with Crippen LogP contribution in [0.1, 0.15) is 45.9 Å². The number of rotatable bonds is 5. The third-order valence-electron chi connectivity index (χ3n) is 6.19. The Morgan fingerprint density at radius 1 is 0.970 bits per heavy atom. The van der Waals surface area contributed by atoms with Crippen molar-refractivity contribution >= 4 is 17.3 Å². The molecule has 1 aliphatic heterocycles. The number of thiocarbonyl (C=S) groups is 1. The van der Waals surface area contributed by atoms with Crippen LogP contribution in [0.3, 0.4) is 0 Å². The molecule has 33 heavy (non-hydrogen) atoms. The maximum absolute atomic E-state index is 5.83. The average Bonchev–Trinajstić information content (AvgIpc) is 3.30. The normalized spacial score (nSPS) is 17.9. The molecule has 0 unspecified atom stereocenters. The van der Waals surface area contributed by atoms with Gasteiger partial charge in [0, 0.05) is 42.7 Å². The van der Waals surface area contributed by atoms with Crippen LogP contribution in [0.2, 0.25) is 0 Å². The summed E-state index contributed by atoms with van der Waals surface area (Å²) in [6.07, 6.45) is 7.39. The van der Waals surface area contributed by atoms with Crippen molar-refractivity contribution < 1.29 is 0 Å².